The number of ether oxygens (including phenoxy) is 4. The second kappa shape index (κ2) is 8.62. The summed E-state index contributed by atoms with van der Waals surface area (Å²) in [5.74, 6) is 1.47. The Kier molecular flexibility index (Phi) is 6.53. The number of rotatable bonds is 7. The van der Waals surface area contributed by atoms with E-state index in [9.17, 15) is 4.79 Å². The first-order chi connectivity index (χ1) is 12.0. The Hall–Kier alpha value is -2.40. The van der Waals surface area contributed by atoms with Crippen LogP contribution in [-0.4, -0.2) is 27.3 Å². The van der Waals surface area contributed by atoms with Gasteiger partial charge >= 0.3 is 5.97 Å². The first-order valence-electron chi connectivity index (χ1n) is 7.68. The number of carbonyl (C=O) groups is 1. The lowest BCUT2D eigenvalue weighted by Gasteiger charge is -2.13. The van der Waals surface area contributed by atoms with E-state index in [0.717, 1.165) is 11.1 Å². The number of halogens is 1. The predicted octanol–water partition coefficient (Wildman–Crippen LogP) is 3.96. The van der Waals surface area contributed by atoms with Gasteiger partial charge in [-0.2, -0.15) is 0 Å². The number of benzene rings is 2. The Bertz CT molecular complexity index is 758. The van der Waals surface area contributed by atoms with Gasteiger partial charge in [0.15, 0.2) is 11.5 Å². The lowest BCUT2D eigenvalue weighted by molar-refractivity contribution is -0.144. The molecule has 0 aromatic heterocycles. The largest absolute Gasteiger partial charge is 0.496 e. The van der Waals surface area contributed by atoms with Gasteiger partial charge in [0.2, 0.25) is 0 Å². The lowest BCUT2D eigenvalue weighted by atomic mass is 10.1. The topological polar surface area (TPSA) is 54.0 Å². The number of esters is 1. The zero-order valence-electron chi connectivity index (χ0n) is 14.7. The van der Waals surface area contributed by atoms with Crippen molar-refractivity contribution in [3.63, 3.8) is 0 Å². The summed E-state index contributed by atoms with van der Waals surface area (Å²) >= 11 is 5.98. The molecule has 0 spiro atoms. The minimum atomic E-state index is -0.366. The molecule has 0 saturated heterocycles. The molecule has 6 heteroatoms. The van der Waals surface area contributed by atoms with Crippen molar-refractivity contribution in [1.82, 2.24) is 0 Å². The van der Waals surface area contributed by atoms with Crippen LogP contribution in [-0.2, 0) is 22.6 Å². The average molecular weight is 365 g/mol. The van der Waals surface area contributed by atoms with Crippen LogP contribution >= 0.6 is 11.6 Å². The molecule has 0 heterocycles. The van der Waals surface area contributed by atoms with Crippen LogP contribution in [0.5, 0.6) is 17.2 Å². The molecule has 0 saturated carbocycles. The zero-order chi connectivity index (χ0) is 18.4. The first kappa shape index (κ1) is 18.9. The highest BCUT2D eigenvalue weighted by atomic mass is 35.5. The molecule has 0 unspecified atom stereocenters. The molecule has 0 amide bonds. The van der Waals surface area contributed by atoms with Crippen molar-refractivity contribution in [3.05, 3.63) is 52.0 Å². The fraction of sp³-hybridized carbons (Fsp3) is 0.316. The van der Waals surface area contributed by atoms with Crippen LogP contribution in [0.25, 0.3) is 0 Å². The first-order valence-corrected chi connectivity index (χ1v) is 8.05. The van der Waals surface area contributed by atoms with Gasteiger partial charge < -0.3 is 18.9 Å². The monoisotopic (exact) mass is 364 g/mol. The van der Waals surface area contributed by atoms with E-state index in [-0.39, 0.29) is 19.0 Å². The number of carbonyl (C=O) groups excluding carboxylic acids is 1. The molecule has 5 nitrogen and oxygen atoms in total. The smallest absolute Gasteiger partial charge is 0.310 e. The van der Waals surface area contributed by atoms with Crippen molar-refractivity contribution < 1.29 is 23.7 Å². The van der Waals surface area contributed by atoms with E-state index in [4.69, 9.17) is 30.5 Å². The van der Waals surface area contributed by atoms with Crippen LogP contribution < -0.4 is 14.2 Å². The summed E-state index contributed by atoms with van der Waals surface area (Å²) in [6.45, 7) is 2.07. The van der Waals surface area contributed by atoms with Gasteiger partial charge in [-0.05, 0) is 48.4 Å². The molecule has 134 valence electrons. The van der Waals surface area contributed by atoms with Crippen molar-refractivity contribution in [2.75, 3.05) is 21.3 Å². The van der Waals surface area contributed by atoms with Gasteiger partial charge in [-0.1, -0.05) is 11.6 Å². The van der Waals surface area contributed by atoms with Crippen molar-refractivity contribution in [1.29, 1.82) is 0 Å². The van der Waals surface area contributed by atoms with Crippen molar-refractivity contribution in [2.24, 2.45) is 0 Å². The number of aryl methyl sites for hydroxylation is 1. The third kappa shape index (κ3) is 4.79. The van der Waals surface area contributed by atoms with E-state index in [1.165, 1.54) is 0 Å². The molecule has 0 radical (unpaired) electrons. The standard InChI is InChI=1S/C19H21ClO5/c1-12-7-17(23-3)18(24-4)9-14(12)11-25-19(21)10-13-8-15(20)5-6-16(13)22-2/h5-9H,10-11H2,1-4H3. The van der Waals surface area contributed by atoms with E-state index >= 15 is 0 Å². The van der Waals surface area contributed by atoms with E-state index in [0.29, 0.717) is 27.8 Å². The van der Waals surface area contributed by atoms with Crippen molar-refractivity contribution in [2.45, 2.75) is 20.0 Å². The molecule has 0 fully saturated rings. The highest BCUT2D eigenvalue weighted by Crippen LogP contribution is 2.30. The molecule has 0 aliphatic heterocycles. The molecule has 0 aliphatic rings. The van der Waals surface area contributed by atoms with Gasteiger partial charge in [0.1, 0.15) is 12.4 Å². The molecule has 2 aromatic rings. The normalized spacial score (nSPS) is 10.3. The second-order valence-electron chi connectivity index (χ2n) is 5.43. The van der Waals surface area contributed by atoms with Gasteiger partial charge in [-0.15, -0.1) is 0 Å². The molecule has 0 aliphatic carbocycles. The summed E-state index contributed by atoms with van der Waals surface area (Å²) in [6, 6.07) is 8.79. The molecule has 25 heavy (non-hydrogen) atoms. The highest BCUT2D eigenvalue weighted by Gasteiger charge is 2.13. The van der Waals surface area contributed by atoms with E-state index in [2.05, 4.69) is 0 Å². The molecule has 0 atom stereocenters. The number of hydrogen-bond acceptors (Lipinski definition) is 5. The molecule has 2 rings (SSSR count). The highest BCUT2D eigenvalue weighted by molar-refractivity contribution is 6.30. The third-order valence-corrected chi connectivity index (χ3v) is 4.04. The van der Waals surface area contributed by atoms with Crippen molar-refractivity contribution in [3.8, 4) is 17.2 Å². The van der Waals surface area contributed by atoms with Crippen LogP contribution in [0.3, 0.4) is 0 Å². The third-order valence-electron chi connectivity index (χ3n) is 3.81. The minimum Gasteiger partial charge on any atom is -0.496 e. The predicted molar refractivity (Wildman–Crippen MR) is 95.8 cm³/mol. The zero-order valence-corrected chi connectivity index (χ0v) is 15.5. The summed E-state index contributed by atoms with van der Waals surface area (Å²) in [7, 11) is 4.69. The van der Waals surface area contributed by atoms with Gasteiger partial charge in [0.25, 0.3) is 0 Å². The molecular weight excluding hydrogens is 344 g/mol. The van der Waals surface area contributed by atoms with Gasteiger partial charge in [0.05, 0.1) is 27.8 Å². The Morgan fingerprint density at radius 3 is 2.20 bits per heavy atom. The summed E-state index contributed by atoms with van der Waals surface area (Å²) < 4.78 is 21.2. The van der Waals surface area contributed by atoms with Gasteiger partial charge in [0, 0.05) is 10.6 Å². The summed E-state index contributed by atoms with van der Waals surface area (Å²) in [4.78, 5) is 12.2. The number of methoxy groups -OCH3 is 3. The van der Waals surface area contributed by atoms with Crippen LogP contribution in [0.1, 0.15) is 16.7 Å². The SMILES string of the molecule is COc1ccc(Cl)cc1CC(=O)OCc1cc(OC)c(OC)cc1C. The Labute approximate surface area is 152 Å². The van der Waals surface area contributed by atoms with Crippen LogP contribution in [0.15, 0.2) is 30.3 Å². The Morgan fingerprint density at radius 1 is 0.920 bits per heavy atom. The fourth-order valence-electron chi connectivity index (χ4n) is 2.43. The Morgan fingerprint density at radius 2 is 1.56 bits per heavy atom. The summed E-state index contributed by atoms with van der Waals surface area (Å²) in [6.07, 6.45) is 0.0794. The second-order valence-corrected chi connectivity index (χ2v) is 5.86. The summed E-state index contributed by atoms with van der Waals surface area (Å²) in [5.41, 5.74) is 2.49. The molecule has 0 N–H and O–H groups in total. The van der Waals surface area contributed by atoms with E-state index in [1.54, 1.807) is 45.6 Å². The molecular formula is C19H21ClO5. The van der Waals surface area contributed by atoms with Crippen LogP contribution in [0.4, 0.5) is 0 Å². The average Bonchev–Trinajstić information content (AvgIpc) is 2.60. The minimum absolute atomic E-state index is 0.0794. The van der Waals surface area contributed by atoms with Gasteiger partial charge in [-0.3, -0.25) is 4.79 Å². The maximum Gasteiger partial charge on any atom is 0.310 e. The maximum absolute atomic E-state index is 12.2. The van der Waals surface area contributed by atoms with Crippen LogP contribution in [0.2, 0.25) is 5.02 Å². The van der Waals surface area contributed by atoms with E-state index in [1.807, 2.05) is 13.0 Å². The van der Waals surface area contributed by atoms with E-state index < -0.39 is 0 Å². The maximum atomic E-state index is 12.2. The lowest BCUT2D eigenvalue weighted by Crippen LogP contribution is -2.10. The van der Waals surface area contributed by atoms with Gasteiger partial charge in [-0.25, -0.2) is 0 Å². The number of hydrogen-bond donors (Lipinski definition) is 0. The fourth-order valence-corrected chi connectivity index (χ4v) is 2.62. The molecule has 2 aromatic carbocycles. The van der Waals surface area contributed by atoms with Crippen molar-refractivity contribution >= 4 is 17.6 Å². The molecule has 0 bridgehead atoms. The quantitative estimate of drug-likeness (QED) is 0.696. The Balaban J connectivity index is 2.07. The summed E-state index contributed by atoms with van der Waals surface area (Å²) in [5, 5.41) is 0.541. The van der Waals surface area contributed by atoms with Crippen LogP contribution in [0, 0.1) is 6.92 Å².